The molecule has 2 aromatic carbocycles. The lowest BCUT2D eigenvalue weighted by atomic mass is 10.2. The highest BCUT2D eigenvalue weighted by molar-refractivity contribution is 6.50. The fourth-order valence-corrected chi connectivity index (χ4v) is 2.06. The first-order valence-corrected chi connectivity index (χ1v) is 6.76. The molecule has 0 amide bonds. The summed E-state index contributed by atoms with van der Waals surface area (Å²) in [5.74, 6) is 0.256. The fraction of sp³-hybridized carbons (Fsp3) is 0. The number of hydrogen-bond donors (Lipinski definition) is 1. The van der Waals surface area contributed by atoms with E-state index in [1.54, 1.807) is 42.5 Å². The Morgan fingerprint density at radius 1 is 1.18 bits per heavy atom. The molecule has 6 heteroatoms. The molecule has 3 aromatic rings. The maximum Gasteiger partial charge on any atom is 0.269 e. The molecule has 1 N–H and O–H groups in total. The van der Waals surface area contributed by atoms with Crippen LogP contribution in [0.25, 0.3) is 22.5 Å². The van der Waals surface area contributed by atoms with Crippen molar-refractivity contribution in [3.8, 4) is 17.1 Å². The molecule has 0 unspecified atom stereocenters. The molecule has 0 aliphatic rings. The van der Waals surface area contributed by atoms with Gasteiger partial charge in [0.2, 0.25) is 5.82 Å². The number of halogens is 2. The number of phenolic OH excluding ortho intramolecular Hbond substituents is 1. The van der Waals surface area contributed by atoms with Crippen LogP contribution in [0.5, 0.6) is 5.75 Å². The summed E-state index contributed by atoms with van der Waals surface area (Å²) in [6, 6.07) is 12.3. The molecule has 1 heterocycles. The normalized spacial score (nSPS) is 11.6. The Bertz CT molecular complexity index is 828. The molecule has 110 valence electrons. The molecule has 0 spiro atoms. The number of nitrogens with zero attached hydrogens (tertiary/aromatic N) is 2. The molecular formula is C16H10ClFN2O2. The minimum absolute atomic E-state index is 0.135. The van der Waals surface area contributed by atoms with Crippen molar-refractivity contribution in [1.29, 1.82) is 0 Å². The lowest BCUT2D eigenvalue weighted by Gasteiger charge is -1.96. The standard InChI is InChI=1S/C16H10ClFN2O2/c17-14(9-10-2-1-3-13(21)8-10)16-19-15(20-22-16)11-4-6-12(18)7-5-11/h1-9,21H/b14-9-. The number of hydrogen-bond acceptors (Lipinski definition) is 4. The first-order valence-electron chi connectivity index (χ1n) is 6.38. The third-order valence-corrected chi connectivity index (χ3v) is 3.17. The van der Waals surface area contributed by atoms with Crippen LogP contribution in [0.2, 0.25) is 0 Å². The first-order chi connectivity index (χ1) is 10.6. The summed E-state index contributed by atoms with van der Waals surface area (Å²) >= 11 is 6.14. The van der Waals surface area contributed by atoms with Crippen LogP contribution in [0.3, 0.4) is 0 Å². The van der Waals surface area contributed by atoms with Crippen LogP contribution >= 0.6 is 11.6 Å². The number of phenols is 1. The monoisotopic (exact) mass is 316 g/mol. The van der Waals surface area contributed by atoms with Gasteiger partial charge in [-0.1, -0.05) is 28.9 Å². The van der Waals surface area contributed by atoms with Gasteiger partial charge in [0.15, 0.2) is 0 Å². The molecule has 1 aromatic heterocycles. The van der Waals surface area contributed by atoms with Gasteiger partial charge in [-0.05, 0) is 48.0 Å². The average Bonchev–Trinajstić information content (AvgIpc) is 2.98. The van der Waals surface area contributed by atoms with E-state index in [1.807, 2.05) is 0 Å². The van der Waals surface area contributed by atoms with Gasteiger partial charge in [0.05, 0.1) is 0 Å². The van der Waals surface area contributed by atoms with Crippen molar-refractivity contribution < 1.29 is 14.0 Å². The lowest BCUT2D eigenvalue weighted by molar-refractivity contribution is 0.410. The van der Waals surface area contributed by atoms with Crippen LogP contribution in [0.15, 0.2) is 53.1 Å². The molecule has 0 aliphatic heterocycles. The molecule has 0 bridgehead atoms. The van der Waals surface area contributed by atoms with Crippen molar-refractivity contribution in [2.24, 2.45) is 0 Å². The summed E-state index contributed by atoms with van der Waals surface area (Å²) in [7, 11) is 0. The van der Waals surface area contributed by atoms with Gasteiger partial charge in [-0.25, -0.2) is 4.39 Å². The van der Waals surface area contributed by atoms with E-state index >= 15 is 0 Å². The Hall–Kier alpha value is -2.66. The van der Waals surface area contributed by atoms with Gasteiger partial charge in [0.1, 0.15) is 16.6 Å². The highest BCUT2D eigenvalue weighted by Gasteiger charge is 2.11. The van der Waals surface area contributed by atoms with Crippen molar-refractivity contribution in [2.45, 2.75) is 0 Å². The Morgan fingerprint density at radius 2 is 1.95 bits per heavy atom. The summed E-state index contributed by atoms with van der Waals surface area (Å²) in [5.41, 5.74) is 1.32. The van der Waals surface area contributed by atoms with E-state index in [2.05, 4.69) is 10.1 Å². The topological polar surface area (TPSA) is 59.2 Å². The lowest BCUT2D eigenvalue weighted by Crippen LogP contribution is -1.82. The zero-order chi connectivity index (χ0) is 15.5. The molecule has 0 saturated heterocycles. The zero-order valence-electron chi connectivity index (χ0n) is 11.2. The molecule has 0 saturated carbocycles. The fourth-order valence-electron chi connectivity index (χ4n) is 1.86. The molecule has 3 rings (SSSR count). The van der Waals surface area contributed by atoms with E-state index in [4.69, 9.17) is 16.1 Å². The second-order valence-electron chi connectivity index (χ2n) is 4.52. The van der Waals surface area contributed by atoms with E-state index in [-0.39, 0.29) is 22.5 Å². The quantitative estimate of drug-likeness (QED) is 0.782. The van der Waals surface area contributed by atoms with Crippen molar-refractivity contribution >= 4 is 22.7 Å². The summed E-state index contributed by atoms with van der Waals surface area (Å²) < 4.78 is 18.0. The Balaban J connectivity index is 1.88. The van der Waals surface area contributed by atoms with E-state index in [9.17, 15) is 9.50 Å². The van der Waals surface area contributed by atoms with Crippen LogP contribution in [-0.4, -0.2) is 15.2 Å². The van der Waals surface area contributed by atoms with Crippen molar-refractivity contribution in [1.82, 2.24) is 10.1 Å². The summed E-state index contributed by atoms with van der Waals surface area (Å²) in [6.07, 6.45) is 1.60. The number of aromatic nitrogens is 2. The Labute approximate surface area is 130 Å². The Kier molecular flexibility index (Phi) is 3.89. The molecule has 22 heavy (non-hydrogen) atoms. The van der Waals surface area contributed by atoms with E-state index in [0.29, 0.717) is 17.0 Å². The third-order valence-electron chi connectivity index (χ3n) is 2.90. The third kappa shape index (κ3) is 3.15. The van der Waals surface area contributed by atoms with Crippen molar-refractivity contribution in [3.63, 3.8) is 0 Å². The van der Waals surface area contributed by atoms with E-state index in [0.717, 1.165) is 0 Å². The van der Waals surface area contributed by atoms with Crippen LogP contribution in [0, 0.1) is 5.82 Å². The van der Waals surface area contributed by atoms with E-state index < -0.39 is 0 Å². The maximum absolute atomic E-state index is 12.9. The first kappa shape index (κ1) is 14.3. The minimum Gasteiger partial charge on any atom is -0.508 e. The highest BCUT2D eigenvalue weighted by atomic mass is 35.5. The zero-order valence-corrected chi connectivity index (χ0v) is 12.0. The van der Waals surface area contributed by atoms with Crippen LogP contribution < -0.4 is 0 Å². The second-order valence-corrected chi connectivity index (χ2v) is 4.92. The number of rotatable bonds is 3. The van der Waals surface area contributed by atoms with Gasteiger partial charge in [-0.2, -0.15) is 4.98 Å². The summed E-state index contributed by atoms with van der Waals surface area (Å²) in [5, 5.41) is 13.5. The predicted molar refractivity (Wildman–Crippen MR) is 81.5 cm³/mol. The minimum atomic E-state index is -0.339. The number of aromatic hydroxyl groups is 1. The highest BCUT2D eigenvalue weighted by Crippen LogP contribution is 2.25. The molecular weight excluding hydrogens is 307 g/mol. The van der Waals surface area contributed by atoms with Gasteiger partial charge in [-0.15, -0.1) is 0 Å². The van der Waals surface area contributed by atoms with Crippen molar-refractivity contribution in [3.05, 3.63) is 65.8 Å². The maximum atomic E-state index is 12.9. The van der Waals surface area contributed by atoms with Crippen molar-refractivity contribution in [2.75, 3.05) is 0 Å². The molecule has 0 aliphatic carbocycles. The van der Waals surface area contributed by atoms with Gasteiger partial charge >= 0.3 is 0 Å². The molecule has 0 fully saturated rings. The molecule has 0 radical (unpaired) electrons. The SMILES string of the molecule is Oc1cccc(/C=C(\Cl)c2nc(-c3ccc(F)cc3)no2)c1. The average molecular weight is 317 g/mol. The summed E-state index contributed by atoms with van der Waals surface area (Å²) in [4.78, 5) is 4.17. The van der Waals surface area contributed by atoms with Crippen LogP contribution in [-0.2, 0) is 0 Å². The van der Waals surface area contributed by atoms with E-state index in [1.165, 1.54) is 12.1 Å². The molecule has 4 nitrogen and oxygen atoms in total. The predicted octanol–water partition coefficient (Wildman–Crippen LogP) is 4.32. The summed E-state index contributed by atoms with van der Waals surface area (Å²) in [6.45, 7) is 0. The van der Waals surface area contributed by atoms with Crippen LogP contribution in [0.1, 0.15) is 11.5 Å². The second kappa shape index (κ2) is 5.99. The molecule has 0 atom stereocenters. The number of benzene rings is 2. The smallest absolute Gasteiger partial charge is 0.269 e. The largest absolute Gasteiger partial charge is 0.508 e. The van der Waals surface area contributed by atoms with Crippen LogP contribution in [0.4, 0.5) is 4.39 Å². The van der Waals surface area contributed by atoms with Gasteiger partial charge < -0.3 is 9.63 Å². The van der Waals surface area contributed by atoms with Gasteiger partial charge in [-0.3, -0.25) is 0 Å². The van der Waals surface area contributed by atoms with Gasteiger partial charge in [0, 0.05) is 5.56 Å². The van der Waals surface area contributed by atoms with Gasteiger partial charge in [0.25, 0.3) is 5.89 Å². The Morgan fingerprint density at radius 3 is 2.68 bits per heavy atom.